The van der Waals surface area contributed by atoms with Crippen molar-refractivity contribution >= 4 is 39.8 Å². The number of hydrogen-bond donors (Lipinski definition) is 3. The number of fused-ring (bicyclic) bond motifs is 1. The molecule has 3 N–H and O–H groups in total. The first-order chi connectivity index (χ1) is 18.5. The van der Waals surface area contributed by atoms with Crippen molar-refractivity contribution in [2.24, 2.45) is 0 Å². The number of carbonyl (C=O) groups excluding carboxylic acids is 1. The molecule has 0 unspecified atom stereocenters. The number of nitrogens with one attached hydrogen (secondary N) is 3. The van der Waals surface area contributed by atoms with Gasteiger partial charge in [-0.15, -0.1) is 0 Å². The highest BCUT2D eigenvalue weighted by atomic mass is 19.4. The SMILES string of the molecule is CC(=O)Nc1cc(Nc2ncc(C(F)(F)F)c(-c3c[nH]c4c(C)cccc34)n2)ccc1N1CC[C@@H](N(C)C)C1. The Kier molecular flexibility index (Phi) is 6.94. The molecule has 0 spiro atoms. The lowest BCUT2D eigenvalue weighted by Gasteiger charge is -2.24. The van der Waals surface area contributed by atoms with Crippen LogP contribution < -0.4 is 15.5 Å². The summed E-state index contributed by atoms with van der Waals surface area (Å²) in [5, 5.41) is 6.55. The minimum Gasteiger partial charge on any atom is -0.368 e. The summed E-state index contributed by atoms with van der Waals surface area (Å²) in [6, 6.07) is 11.3. The molecule has 204 valence electrons. The van der Waals surface area contributed by atoms with Crippen molar-refractivity contribution in [1.29, 1.82) is 0 Å². The molecule has 1 amide bonds. The molecular weight excluding hydrogens is 507 g/mol. The first-order valence-electron chi connectivity index (χ1n) is 12.6. The van der Waals surface area contributed by atoms with E-state index in [1.165, 1.54) is 6.92 Å². The molecule has 4 aromatic rings. The second-order valence-electron chi connectivity index (χ2n) is 10.0. The molecule has 1 fully saturated rings. The van der Waals surface area contributed by atoms with Crippen LogP contribution in [-0.4, -0.2) is 59.0 Å². The normalized spacial score (nSPS) is 15.8. The Bertz CT molecular complexity index is 1530. The fraction of sp³-hybridized carbons (Fsp3) is 0.321. The zero-order chi connectivity index (χ0) is 27.9. The first kappa shape index (κ1) is 26.5. The van der Waals surface area contributed by atoms with Crippen LogP contribution >= 0.6 is 0 Å². The molecule has 3 heterocycles. The Morgan fingerprint density at radius 1 is 1.21 bits per heavy atom. The molecule has 39 heavy (non-hydrogen) atoms. The zero-order valence-corrected chi connectivity index (χ0v) is 22.1. The van der Waals surface area contributed by atoms with Crippen molar-refractivity contribution < 1.29 is 18.0 Å². The van der Waals surface area contributed by atoms with Crippen molar-refractivity contribution in [2.75, 3.05) is 42.7 Å². The highest BCUT2D eigenvalue weighted by molar-refractivity contribution is 5.97. The number of anilines is 4. The highest BCUT2D eigenvalue weighted by Gasteiger charge is 2.36. The largest absolute Gasteiger partial charge is 0.419 e. The maximum absolute atomic E-state index is 14.0. The summed E-state index contributed by atoms with van der Waals surface area (Å²) < 4.78 is 41.9. The number of carbonyl (C=O) groups is 1. The van der Waals surface area contributed by atoms with Gasteiger partial charge in [0.05, 0.1) is 17.1 Å². The molecular formula is C28H30F3N7O. The van der Waals surface area contributed by atoms with E-state index in [2.05, 4.69) is 35.4 Å². The van der Waals surface area contributed by atoms with Gasteiger partial charge in [-0.2, -0.15) is 13.2 Å². The van der Waals surface area contributed by atoms with Crippen molar-refractivity contribution in [3.63, 3.8) is 0 Å². The van der Waals surface area contributed by atoms with Gasteiger partial charge in [0.15, 0.2) is 0 Å². The lowest BCUT2D eigenvalue weighted by atomic mass is 10.0. The maximum Gasteiger partial charge on any atom is 0.419 e. The minimum atomic E-state index is -4.64. The van der Waals surface area contributed by atoms with E-state index in [0.717, 1.165) is 42.5 Å². The van der Waals surface area contributed by atoms with Gasteiger partial charge in [-0.1, -0.05) is 18.2 Å². The first-order valence-corrected chi connectivity index (χ1v) is 12.6. The van der Waals surface area contributed by atoms with Gasteiger partial charge in [-0.05, 0) is 51.2 Å². The Balaban J connectivity index is 1.51. The Morgan fingerprint density at radius 3 is 2.69 bits per heavy atom. The summed E-state index contributed by atoms with van der Waals surface area (Å²) in [6.45, 7) is 4.99. The number of para-hydroxylation sites is 1. The minimum absolute atomic E-state index is 0.00960. The maximum atomic E-state index is 14.0. The fourth-order valence-corrected chi connectivity index (χ4v) is 5.05. The topological polar surface area (TPSA) is 89.2 Å². The number of aryl methyl sites for hydroxylation is 1. The average Bonchev–Trinajstić information content (AvgIpc) is 3.52. The molecule has 1 aliphatic heterocycles. The molecule has 1 aliphatic rings. The monoisotopic (exact) mass is 537 g/mol. The molecule has 8 nitrogen and oxygen atoms in total. The second-order valence-corrected chi connectivity index (χ2v) is 10.0. The third-order valence-corrected chi connectivity index (χ3v) is 7.07. The third-order valence-electron chi connectivity index (χ3n) is 7.07. The van der Waals surface area contributed by atoms with Crippen LogP contribution in [0.15, 0.2) is 48.8 Å². The molecule has 11 heteroatoms. The molecule has 1 saturated heterocycles. The number of amides is 1. The molecule has 2 aromatic heterocycles. The molecule has 0 aliphatic carbocycles. The number of nitrogens with zero attached hydrogens (tertiary/aromatic N) is 4. The summed E-state index contributed by atoms with van der Waals surface area (Å²) in [5.74, 6) is -0.213. The van der Waals surface area contributed by atoms with Crippen LogP contribution in [0.3, 0.4) is 0 Å². The summed E-state index contributed by atoms with van der Waals surface area (Å²) in [4.78, 5) is 27.7. The number of alkyl halides is 3. The van der Waals surface area contributed by atoms with Crippen LogP contribution in [0.25, 0.3) is 22.2 Å². The number of H-pyrrole nitrogens is 1. The molecule has 0 radical (unpaired) electrons. The number of hydrogen-bond acceptors (Lipinski definition) is 6. The van der Waals surface area contributed by atoms with E-state index < -0.39 is 11.7 Å². The lowest BCUT2D eigenvalue weighted by molar-refractivity contribution is -0.137. The molecule has 2 aromatic carbocycles. The Labute approximate surface area is 224 Å². The number of aromatic nitrogens is 3. The van der Waals surface area contributed by atoms with Gasteiger partial charge < -0.3 is 25.4 Å². The summed E-state index contributed by atoms with van der Waals surface area (Å²) in [7, 11) is 4.09. The molecule has 0 saturated carbocycles. The summed E-state index contributed by atoms with van der Waals surface area (Å²) in [6.07, 6.45) is -1.29. The van der Waals surface area contributed by atoms with Crippen LogP contribution in [0.1, 0.15) is 24.5 Å². The standard InChI is InChI=1S/C28H30F3N7O/c1-16-6-5-7-20-21(13-32-25(16)20)26-22(28(29,30)31)14-33-27(36-26)35-18-8-9-24(23(12-18)34-17(2)39)38-11-10-19(15-38)37(3)4/h5-9,12-14,19,32H,10-11,15H2,1-4H3,(H,34,39)(H,33,35,36)/t19-/m1/s1. The van der Waals surface area contributed by atoms with E-state index in [0.29, 0.717) is 28.4 Å². The average molecular weight is 538 g/mol. The Morgan fingerprint density at radius 2 is 2.00 bits per heavy atom. The van der Waals surface area contributed by atoms with Gasteiger partial charge in [0.2, 0.25) is 11.9 Å². The summed E-state index contributed by atoms with van der Waals surface area (Å²) >= 11 is 0. The van der Waals surface area contributed by atoms with Gasteiger partial charge in [0, 0.05) is 60.6 Å². The molecule has 1 atom stereocenters. The van der Waals surface area contributed by atoms with E-state index in [9.17, 15) is 18.0 Å². The van der Waals surface area contributed by atoms with Crippen molar-refractivity contribution in [3.8, 4) is 11.3 Å². The van der Waals surface area contributed by atoms with E-state index in [1.807, 2.05) is 33.2 Å². The van der Waals surface area contributed by atoms with Gasteiger partial charge >= 0.3 is 6.18 Å². The third kappa shape index (κ3) is 5.40. The molecule has 5 rings (SSSR count). The van der Waals surface area contributed by atoms with Crippen molar-refractivity contribution in [2.45, 2.75) is 32.5 Å². The highest BCUT2D eigenvalue weighted by Crippen LogP contribution is 2.39. The van der Waals surface area contributed by atoms with E-state index in [-0.39, 0.29) is 17.5 Å². The van der Waals surface area contributed by atoms with Gasteiger partial charge in [0.25, 0.3) is 0 Å². The zero-order valence-electron chi connectivity index (χ0n) is 22.1. The molecule has 0 bridgehead atoms. The van der Waals surface area contributed by atoms with E-state index >= 15 is 0 Å². The fourth-order valence-electron chi connectivity index (χ4n) is 5.05. The van der Waals surface area contributed by atoms with Crippen LogP contribution in [0.4, 0.5) is 36.2 Å². The number of aromatic amines is 1. The predicted octanol–water partition coefficient (Wildman–Crippen LogP) is 5.79. The van der Waals surface area contributed by atoms with Gasteiger partial charge in [-0.3, -0.25) is 4.79 Å². The Hall–Kier alpha value is -4.12. The summed E-state index contributed by atoms with van der Waals surface area (Å²) in [5.41, 5.74) is 2.88. The van der Waals surface area contributed by atoms with Crippen molar-refractivity contribution in [1.82, 2.24) is 19.9 Å². The lowest BCUT2D eigenvalue weighted by Crippen LogP contribution is -2.31. The predicted molar refractivity (Wildman–Crippen MR) is 147 cm³/mol. The smallest absolute Gasteiger partial charge is 0.368 e. The van der Waals surface area contributed by atoms with E-state index in [4.69, 9.17) is 0 Å². The second kappa shape index (κ2) is 10.2. The van der Waals surface area contributed by atoms with Gasteiger partial charge in [0.1, 0.15) is 5.56 Å². The van der Waals surface area contributed by atoms with Crippen LogP contribution in [0.2, 0.25) is 0 Å². The van der Waals surface area contributed by atoms with E-state index in [1.54, 1.807) is 30.5 Å². The van der Waals surface area contributed by atoms with Crippen LogP contribution in [-0.2, 0) is 11.0 Å². The number of halogens is 3. The van der Waals surface area contributed by atoms with Crippen molar-refractivity contribution in [3.05, 3.63) is 59.9 Å². The van der Waals surface area contributed by atoms with Crippen LogP contribution in [0, 0.1) is 6.92 Å². The number of rotatable bonds is 6. The quantitative estimate of drug-likeness (QED) is 0.288. The van der Waals surface area contributed by atoms with Gasteiger partial charge in [-0.25, -0.2) is 9.97 Å². The van der Waals surface area contributed by atoms with Crippen LogP contribution in [0.5, 0.6) is 0 Å². The number of likely N-dealkylation sites (N-methyl/N-ethyl adjacent to an activating group) is 1. The number of benzene rings is 2.